The van der Waals surface area contributed by atoms with E-state index in [4.69, 9.17) is 14.2 Å². The first-order chi connectivity index (χ1) is 23.6. The molecule has 3 aliphatic rings. The number of fused-ring (bicyclic) bond motifs is 3. The van der Waals surface area contributed by atoms with Crippen molar-refractivity contribution in [2.24, 2.45) is 0 Å². The van der Waals surface area contributed by atoms with Crippen LogP contribution < -0.4 is 20.7 Å². The van der Waals surface area contributed by atoms with Crippen LogP contribution in [0.3, 0.4) is 0 Å². The van der Waals surface area contributed by atoms with Crippen LogP contribution in [-0.4, -0.2) is 68.6 Å². The van der Waals surface area contributed by atoms with Gasteiger partial charge in [-0.2, -0.15) is 10.2 Å². The number of benzene rings is 1. The Morgan fingerprint density at radius 3 is 2.46 bits per heavy atom. The van der Waals surface area contributed by atoms with Crippen LogP contribution in [0.25, 0.3) is 15.2 Å². The smallest absolute Gasteiger partial charge is 0.333 e. The lowest BCUT2D eigenvalue weighted by Crippen LogP contribution is -2.57. The van der Waals surface area contributed by atoms with Gasteiger partial charge < -0.3 is 14.2 Å². The molecule has 1 N–H and O–H groups in total. The Morgan fingerprint density at radius 2 is 1.84 bits per heavy atom. The van der Waals surface area contributed by atoms with E-state index in [0.29, 0.717) is 47.6 Å². The molecule has 0 unspecified atom stereocenters. The first-order valence-corrected chi connectivity index (χ1v) is 18.8. The number of thiophene rings is 1. The molecular weight excluding hydrogens is 692 g/mol. The average Bonchev–Trinajstić information content (AvgIpc) is 3.35. The van der Waals surface area contributed by atoms with Crippen LogP contribution in [-0.2, 0) is 36.4 Å². The van der Waals surface area contributed by atoms with Crippen LogP contribution in [0.2, 0.25) is 0 Å². The summed E-state index contributed by atoms with van der Waals surface area (Å²) in [5.74, 6) is -1.23. The molecule has 1 amide bonds. The second-order valence-corrected chi connectivity index (χ2v) is 17.2. The molecule has 1 aliphatic carbocycles. The standard InChI is InChI=1S/C33H39FN6O8S2/c1-18-26-27(41)39(32(2,3)30(42)37-50(44,45)33(4)10-11-33)31(43)38(29(26)49-28(18)40-35-12-13-36-40)17-25(23-14-19(34)6-9-24(23)46-5)48-22-15-20-7-8-21(16-22)47-20/h6,9,12-14,20-22,25H,7-8,10-11,15-17H2,1-5H3,(H,37,42)/t20-,21+,22+,25-/m0/s1. The third-order valence-electron chi connectivity index (χ3n) is 10.2. The Morgan fingerprint density at radius 1 is 1.18 bits per heavy atom. The summed E-state index contributed by atoms with van der Waals surface area (Å²) in [6.45, 7) is 5.66. The molecule has 50 heavy (non-hydrogen) atoms. The zero-order valence-corrected chi connectivity index (χ0v) is 30.0. The van der Waals surface area contributed by atoms with Gasteiger partial charge in [0.15, 0.2) is 0 Å². The van der Waals surface area contributed by atoms with Gasteiger partial charge in [0, 0.05) is 11.1 Å². The zero-order chi connectivity index (χ0) is 35.7. The number of nitrogens with one attached hydrogen (secondary N) is 1. The molecule has 4 aromatic rings. The fraction of sp³-hybridized carbons (Fsp3) is 0.545. The van der Waals surface area contributed by atoms with Crippen LogP contribution in [0.4, 0.5) is 4.39 Å². The predicted molar refractivity (Wildman–Crippen MR) is 182 cm³/mol. The van der Waals surface area contributed by atoms with E-state index in [1.165, 1.54) is 67.8 Å². The van der Waals surface area contributed by atoms with Crippen molar-refractivity contribution >= 4 is 37.5 Å². The number of aryl methyl sites for hydroxylation is 1. The molecule has 0 radical (unpaired) electrons. The first kappa shape index (κ1) is 34.5. The first-order valence-electron chi connectivity index (χ1n) is 16.5. The van der Waals surface area contributed by atoms with Crippen molar-refractivity contribution in [3.63, 3.8) is 0 Å². The third kappa shape index (κ3) is 5.86. The molecule has 2 saturated heterocycles. The van der Waals surface area contributed by atoms with Gasteiger partial charge in [-0.25, -0.2) is 22.2 Å². The fourth-order valence-corrected chi connectivity index (χ4v) is 9.51. The van der Waals surface area contributed by atoms with Crippen LogP contribution in [0, 0.1) is 12.7 Å². The van der Waals surface area contributed by atoms with Crippen LogP contribution in [0.1, 0.15) is 76.5 Å². The number of halogens is 1. The SMILES string of the molecule is COc1ccc(F)cc1[C@H](Cn1c(=O)n(C(C)(C)C(=O)NS(=O)(=O)C2(C)CC2)c(=O)c2c(C)c(-n3nccn3)sc21)O[C@H]1C[C@H]2CC[C@@H](C1)O2. The lowest BCUT2D eigenvalue weighted by atomic mass is 10.0. The van der Waals surface area contributed by atoms with Crippen LogP contribution in [0.5, 0.6) is 5.75 Å². The summed E-state index contributed by atoms with van der Waals surface area (Å²) >= 11 is 1.10. The second-order valence-electron chi connectivity index (χ2n) is 14.1. The number of carbonyl (C=O) groups is 1. The van der Waals surface area contributed by atoms with Crippen molar-refractivity contribution in [1.82, 2.24) is 28.9 Å². The van der Waals surface area contributed by atoms with Gasteiger partial charge in [-0.05, 0) is 84.4 Å². The molecule has 1 aromatic carbocycles. The normalized spacial score (nSPS) is 22.1. The maximum Gasteiger partial charge on any atom is 0.333 e. The minimum atomic E-state index is -4.10. The van der Waals surface area contributed by atoms with E-state index < -0.39 is 49.4 Å². The largest absolute Gasteiger partial charge is 0.496 e. The zero-order valence-electron chi connectivity index (χ0n) is 28.3. The topological polar surface area (TPSA) is 166 Å². The summed E-state index contributed by atoms with van der Waals surface area (Å²) in [6, 6.07) is 4.05. The van der Waals surface area contributed by atoms with Crippen molar-refractivity contribution < 1.29 is 31.8 Å². The number of rotatable bonds is 11. The van der Waals surface area contributed by atoms with Gasteiger partial charge in [0.25, 0.3) is 11.5 Å². The lowest BCUT2D eigenvalue weighted by molar-refractivity contribution is -0.126. The molecule has 5 heterocycles. The molecule has 1 saturated carbocycles. The maximum atomic E-state index is 14.9. The Kier molecular flexibility index (Phi) is 8.55. The Bertz CT molecular complexity index is 2190. The van der Waals surface area contributed by atoms with E-state index in [9.17, 15) is 27.2 Å². The van der Waals surface area contributed by atoms with Gasteiger partial charge in [-0.15, -0.1) is 4.80 Å². The van der Waals surface area contributed by atoms with E-state index in [0.717, 1.165) is 28.7 Å². The van der Waals surface area contributed by atoms with Crippen molar-refractivity contribution in [1.29, 1.82) is 0 Å². The summed E-state index contributed by atoms with van der Waals surface area (Å²) in [6.07, 6.45) is 5.60. The molecular formula is C33H39FN6O8S2. The van der Waals surface area contributed by atoms with Gasteiger partial charge >= 0.3 is 5.69 Å². The number of nitrogens with zero attached hydrogens (tertiary/aromatic N) is 5. The molecule has 2 aliphatic heterocycles. The molecule has 14 nitrogen and oxygen atoms in total. The van der Waals surface area contributed by atoms with Crippen LogP contribution in [0.15, 0.2) is 40.2 Å². The van der Waals surface area contributed by atoms with Crippen molar-refractivity contribution in [3.05, 3.63) is 68.4 Å². The molecule has 17 heteroatoms. The molecule has 3 fully saturated rings. The second kappa shape index (κ2) is 12.4. The molecule has 0 spiro atoms. The van der Waals surface area contributed by atoms with E-state index in [-0.39, 0.29) is 35.1 Å². The monoisotopic (exact) mass is 730 g/mol. The van der Waals surface area contributed by atoms with E-state index >= 15 is 0 Å². The Labute approximate surface area is 291 Å². The summed E-state index contributed by atoms with van der Waals surface area (Å²) in [5, 5.41) is 9.03. The highest BCUT2D eigenvalue weighted by Crippen LogP contribution is 2.43. The lowest BCUT2D eigenvalue weighted by Gasteiger charge is -2.33. The summed E-state index contributed by atoms with van der Waals surface area (Å²) in [4.78, 5) is 44.5. The van der Waals surface area contributed by atoms with Gasteiger partial charge in [0.1, 0.15) is 33.0 Å². The maximum absolute atomic E-state index is 14.9. The van der Waals surface area contributed by atoms with Crippen LogP contribution >= 0.6 is 11.3 Å². The van der Waals surface area contributed by atoms with Gasteiger partial charge in [-0.1, -0.05) is 11.3 Å². The van der Waals surface area contributed by atoms with Gasteiger partial charge in [-0.3, -0.25) is 18.9 Å². The highest BCUT2D eigenvalue weighted by Gasteiger charge is 2.52. The van der Waals surface area contributed by atoms with Gasteiger partial charge in [0.05, 0.1) is 54.5 Å². The minimum Gasteiger partial charge on any atom is -0.496 e. The summed E-state index contributed by atoms with van der Waals surface area (Å²) < 4.78 is 62.5. The van der Waals surface area contributed by atoms with Gasteiger partial charge in [0.2, 0.25) is 10.0 Å². The number of methoxy groups -OCH3 is 1. The molecule has 7 rings (SSSR count). The number of sulfonamides is 1. The number of amides is 1. The molecule has 268 valence electrons. The molecule has 2 bridgehead atoms. The van der Waals surface area contributed by atoms with Crippen molar-refractivity contribution in [2.45, 2.75) is 107 Å². The fourth-order valence-electron chi connectivity index (χ4n) is 6.91. The van der Waals surface area contributed by atoms with Crippen molar-refractivity contribution in [2.75, 3.05) is 7.11 Å². The predicted octanol–water partition coefficient (Wildman–Crippen LogP) is 3.46. The Balaban J connectivity index is 1.40. The quantitative estimate of drug-likeness (QED) is 0.242. The number of hydrogen-bond donors (Lipinski definition) is 1. The average molecular weight is 731 g/mol. The number of aromatic nitrogens is 5. The summed E-state index contributed by atoms with van der Waals surface area (Å²) in [7, 11) is -2.64. The number of carbonyl (C=O) groups excluding carboxylic acids is 1. The van der Waals surface area contributed by atoms with E-state index in [1.807, 2.05) is 0 Å². The minimum absolute atomic E-state index is 0.0303. The number of hydrogen-bond acceptors (Lipinski definition) is 11. The Hall–Kier alpha value is -3.93. The molecule has 4 atom stereocenters. The highest BCUT2D eigenvalue weighted by atomic mass is 32.2. The van der Waals surface area contributed by atoms with E-state index in [2.05, 4.69) is 14.9 Å². The highest BCUT2D eigenvalue weighted by molar-refractivity contribution is 7.91. The summed E-state index contributed by atoms with van der Waals surface area (Å²) in [5.41, 5.74) is -2.83. The number of ether oxygens (including phenoxy) is 3. The third-order valence-corrected chi connectivity index (χ3v) is 13.7. The van der Waals surface area contributed by atoms with Crippen molar-refractivity contribution in [3.8, 4) is 10.8 Å². The van der Waals surface area contributed by atoms with E-state index in [1.54, 1.807) is 6.92 Å². The molecule has 3 aromatic heterocycles.